The largest absolute Gasteiger partial charge is 0.492 e. The van der Waals surface area contributed by atoms with E-state index >= 15 is 0 Å². The number of hydrogen-bond donors (Lipinski definition) is 1. The summed E-state index contributed by atoms with van der Waals surface area (Å²) in [5.74, 6) is 0.777. The van der Waals surface area contributed by atoms with E-state index in [0.29, 0.717) is 18.1 Å². The van der Waals surface area contributed by atoms with Gasteiger partial charge in [-0.2, -0.15) is 0 Å². The predicted octanol–water partition coefficient (Wildman–Crippen LogP) is 2.98. The van der Waals surface area contributed by atoms with Crippen LogP contribution in [0.4, 0.5) is 11.4 Å². The molecular formula is C20H22ClN3O6. The van der Waals surface area contributed by atoms with E-state index in [1.54, 1.807) is 24.3 Å². The molecule has 0 radical (unpaired) electrons. The van der Waals surface area contributed by atoms with Crippen LogP contribution in [0.1, 0.15) is 0 Å². The van der Waals surface area contributed by atoms with Crippen LogP contribution in [0.3, 0.4) is 0 Å². The summed E-state index contributed by atoms with van der Waals surface area (Å²) in [4.78, 5) is 24.6. The number of anilines is 1. The molecule has 10 heteroatoms. The number of nitrogens with zero attached hydrogens (tertiary/aromatic N) is 2. The van der Waals surface area contributed by atoms with Crippen molar-refractivity contribution in [3.05, 3.63) is 57.6 Å². The number of rotatable bonds is 9. The number of carbonyl (C=O) groups is 1. The van der Waals surface area contributed by atoms with E-state index < -0.39 is 10.8 Å². The Morgan fingerprint density at radius 1 is 1.13 bits per heavy atom. The molecule has 0 saturated carbocycles. The van der Waals surface area contributed by atoms with Crippen molar-refractivity contribution in [2.24, 2.45) is 0 Å². The van der Waals surface area contributed by atoms with Gasteiger partial charge in [-0.25, -0.2) is 0 Å². The minimum atomic E-state index is -0.612. The first-order valence-electron chi connectivity index (χ1n) is 9.41. The predicted molar refractivity (Wildman–Crippen MR) is 111 cm³/mol. The molecule has 2 aromatic carbocycles. The molecular weight excluding hydrogens is 414 g/mol. The molecule has 0 atom stereocenters. The standard InChI is InChI=1S/C20H22ClN3O6/c21-18-6-1-15(13-19(18)24(26)27)22-20(25)14-30-17-4-2-16(3-5-17)29-12-9-23-7-10-28-11-8-23/h1-6,13H,7-12,14H2,(H,22,25). The molecule has 0 unspecified atom stereocenters. The monoisotopic (exact) mass is 435 g/mol. The summed E-state index contributed by atoms with van der Waals surface area (Å²) in [6, 6.07) is 11.0. The zero-order valence-corrected chi connectivity index (χ0v) is 17.0. The van der Waals surface area contributed by atoms with E-state index in [4.69, 9.17) is 25.8 Å². The molecule has 1 aliphatic heterocycles. The van der Waals surface area contributed by atoms with Gasteiger partial charge in [-0.3, -0.25) is 19.8 Å². The van der Waals surface area contributed by atoms with Crippen molar-refractivity contribution >= 4 is 28.9 Å². The third-order valence-electron chi connectivity index (χ3n) is 4.40. The Kier molecular flexibility index (Phi) is 7.83. The van der Waals surface area contributed by atoms with Crippen LogP contribution in [0.15, 0.2) is 42.5 Å². The number of morpholine rings is 1. The minimum absolute atomic E-state index is 0.00139. The quantitative estimate of drug-likeness (QED) is 0.477. The Morgan fingerprint density at radius 2 is 1.80 bits per heavy atom. The number of nitro groups is 1. The van der Waals surface area contributed by atoms with E-state index in [0.717, 1.165) is 32.8 Å². The lowest BCUT2D eigenvalue weighted by Gasteiger charge is -2.26. The average molecular weight is 436 g/mol. The fourth-order valence-corrected chi connectivity index (χ4v) is 3.01. The Balaban J connectivity index is 1.41. The first-order valence-corrected chi connectivity index (χ1v) is 9.78. The van der Waals surface area contributed by atoms with Crippen molar-refractivity contribution in [2.75, 3.05) is 51.4 Å². The fourth-order valence-electron chi connectivity index (χ4n) is 2.83. The first-order chi connectivity index (χ1) is 14.5. The van der Waals surface area contributed by atoms with Gasteiger partial charge < -0.3 is 19.5 Å². The van der Waals surface area contributed by atoms with Gasteiger partial charge in [0.05, 0.1) is 18.1 Å². The Labute approximate surface area is 178 Å². The van der Waals surface area contributed by atoms with Gasteiger partial charge in [-0.1, -0.05) is 11.6 Å². The lowest BCUT2D eigenvalue weighted by molar-refractivity contribution is -0.384. The van der Waals surface area contributed by atoms with Crippen molar-refractivity contribution in [1.82, 2.24) is 4.90 Å². The maximum Gasteiger partial charge on any atom is 0.289 e. The maximum atomic E-state index is 12.0. The van der Waals surface area contributed by atoms with Gasteiger partial charge in [0.2, 0.25) is 0 Å². The number of amides is 1. The molecule has 30 heavy (non-hydrogen) atoms. The second-order valence-corrected chi connectivity index (χ2v) is 6.94. The molecule has 1 fully saturated rings. The van der Waals surface area contributed by atoms with Crippen molar-refractivity contribution in [3.63, 3.8) is 0 Å². The third-order valence-corrected chi connectivity index (χ3v) is 4.72. The van der Waals surface area contributed by atoms with Gasteiger partial charge in [-0.05, 0) is 36.4 Å². The summed E-state index contributed by atoms with van der Waals surface area (Å²) in [7, 11) is 0. The summed E-state index contributed by atoms with van der Waals surface area (Å²) in [5.41, 5.74) is -0.0108. The lowest BCUT2D eigenvalue weighted by atomic mass is 10.3. The van der Waals surface area contributed by atoms with Crippen molar-refractivity contribution in [2.45, 2.75) is 0 Å². The highest BCUT2D eigenvalue weighted by Gasteiger charge is 2.14. The van der Waals surface area contributed by atoms with Crippen LogP contribution in [0.5, 0.6) is 11.5 Å². The van der Waals surface area contributed by atoms with Crippen LogP contribution < -0.4 is 14.8 Å². The average Bonchev–Trinajstić information content (AvgIpc) is 2.75. The molecule has 0 spiro atoms. The SMILES string of the molecule is O=C(COc1ccc(OCCN2CCOCC2)cc1)Nc1ccc(Cl)c([N+](=O)[O-])c1. The molecule has 2 aromatic rings. The molecule has 1 aliphatic rings. The summed E-state index contributed by atoms with van der Waals surface area (Å²) < 4.78 is 16.5. The zero-order valence-electron chi connectivity index (χ0n) is 16.2. The first kappa shape index (κ1) is 21.8. The number of ether oxygens (including phenoxy) is 3. The highest BCUT2D eigenvalue weighted by atomic mass is 35.5. The summed E-state index contributed by atoms with van der Waals surface area (Å²) >= 11 is 5.76. The van der Waals surface area contributed by atoms with Crippen molar-refractivity contribution in [1.29, 1.82) is 0 Å². The smallest absolute Gasteiger partial charge is 0.289 e. The highest BCUT2D eigenvalue weighted by Crippen LogP contribution is 2.27. The molecule has 0 aliphatic carbocycles. The summed E-state index contributed by atoms with van der Waals surface area (Å²) in [5, 5.41) is 13.5. The Hall–Kier alpha value is -2.88. The highest BCUT2D eigenvalue weighted by molar-refractivity contribution is 6.32. The number of nitrogens with one attached hydrogen (secondary N) is 1. The van der Waals surface area contributed by atoms with Crippen LogP contribution in [-0.4, -0.2) is 61.8 Å². The molecule has 1 N–H and O–H groups in total. The Bertz CT molecular complexity index is 871. The van der Waals surface area contributed by atoms with Crippen molar-refractivity contribution in [3.8, 4) is 11.5 Å². The summed E-state index contributed by atoms with van der Waals surface area (Å²) in [6.07, 6.45) is 0. The molecule has 160 valence electrons. The number of hydrogen-bond acceptors (Lipinski definition) is 7. The zero-order chi connectivity index (χ0) is 21.3. The van der Waals surface area contributed by atoms with Gasteiger partial charge in [0.1, 0.15) is 23.1 Å². The molecule has 9 nitrogen and oxygen atoms in total. The van der Waals surface area contributed by atoms with Gasteiger partial charge in [0, 0.05) is 31.4 Å². The van der Waals surface area contributed by atoms with Gasteiger partial charge in [0.25, 0.3) is 11.6 Å². The molecule has 1 amide bonds. The number of nitro benzene ring substituents is 1. The topological polar surface area (TPSA) is 103 Å². The van der Waals surface area contributed by atoms with Gasteiger partial charge in [0.15, 0.2) is 6.61 Å². The van der Waals surface area contributed by atoms with E-state index in [-0.39, 0.29) is 23.0 Å². The van der Waals surface area contributed by atoms with E-state index in [1.807, 2.05) is 0 Å². The van der Waals surface area contributed by atoms with Crippen LogP contribution >= 0.6 is 11.6 Å². The normalized spacial score (nSPS) is 14.2. The maximum absolute atomic E-state index is 12.0. The molecule has 1 heterocycles. The molecule has 0 bridgehead atoms. The third kappa shape index (κ3) is 6.58. The van der Waals surface area contributed by atoms with Gasteiger partial charge in [-0.15, -0.1) is 0 Å². The minimum Gasteiger partial charge on any atom is -0.492 e. The van der Waals surface area contributed by atoms with Crippen molar-refractivity contribution < 1.29 is 23.9 Å². The number of halogens is 1. The van der Waals surface area contributed by atoms with Gasteiger partial charge >= 0.3 is 0 Å². The molecule has 1 saturated heterocycles. The lowest BCUT2D eigenvalue weighted by Crippen LogP contribution is -2.38. The van der Waals surface area contributed by atoms with Crippen LogP contribution in [-0.2, 0) is 9.53 Å². The van der Waals surface area contributed by atoms with Crippen LogP contribution in [0, 0.1) is 10.1 Å². The summed E-state index contributed by atoms with van der Waals surface area (Å²) in [6.45, 7) is 4.53. The number of carbonyl (C=O) groups excluding carboxylic acids is 1. The second kappa shape index (κ2) is 10.8. The van der Waals surface area contributed by atoms with E-state index in [9.17, 15) is 14.9 Å². The van der Waals surface area contributed by atoms with E-state index in [1.165, 1.54) is 18.2 Å². The molecule has 3 rings (SSSR count). The fraction of sp³-hybridized carbons (Fsp3) is 0.350. The Morgan fingerprint density at radius 3 is 2.47 bits per heavy atom. The van der Waals surface area contributed by atoms with E-state index in [2.05, 4.69) is 10.2 Å². The molecule has 0 aromatic heterocycles. The van der Waals surface area contributed by atoms with Crippen LogP contribution in [0.25, 0.3) is 0 Å². The second-order valence-electron chi connectivity index (χ2n) is 6.53. The number of benzene rings is 2. The van der Waals surface area contributed by atoms with Crippen LogP contribution in [0.2, 0.25) is 5.02 Å².